The van der Waals surface area contributed by atoms with Crippen molar-refractivity contribution in [3.63, 3.8) is 0 Å². The minimum atomic E-state index is -4.57. The second-order valence-corrected chi connectivity index (χ2v) is 7.22. The zero-order chi connectivity index (χ0) is 16.3. The summed E-state index contributed by atoms with van der Waals surface area (Å²) < 4.78 is 65.0. The Morgan fingerprint density at radius 1 is 1.24 bits per heavy atom. The lowest BCUT2D eigenvalue weighted by Crippen LogP contribution is -2.34. The van der Waals surface area contributed by atoms with E-state index in [-0.39, 0.29) is 23.5 Å². The van der Waals surface area contributed by atoms with E-state index in [4.69, 9.17) is 0 Å². The van der Waals surface area contributed by atoms with Gasteiger partial charge in [0.15, 0.2) is 0 Å². The summed E-state index contributed by atoms with van der Waals surface area (Å²) in [6.45, 7) is 3.49. The van der Waals surface area contributed by atoms with Crippen LogP contribution in [0, 0.1) is 6.92 Å². The number of halogens is 4. The van der Waals surface area contributed by atoms with E-state index in [2.05, 4.69) is 15.9 Å². The zero-order valence-corrected chi connectivity index (χ0v) is 14.1. The lowest BCUT2D eigenvalue weighted by atomic mass is 10.1. The van der Waals surface area contributed by atoms with Crippen LogP contribution in [0.4, 0.5) is 13.2 Å². The fraction of sp³-hybridized carbons (Fsp3) is 0.538. The third-order valence-corrected chi connectivity index (χ3v) is 5.41. The van der Waals surface area contributed by atoms with Crippen molar-refractivity contribution in [2.75, 3.05) is 18.4 Å². The fourth-order valence-corrected chi connectivity index (χ4v) is 4.48. The van der Waals surface area contributed by atoms with Crippen molar-refractivity contribution < 1.29 is 21.6 Å². The minimum absolute atomic E-state index is 0.214. The SMILES string of the molecule is CCCN(CCBr)S(=O)(=O)c1cccc(C(F)(F)F)c1C. The van der Waals surface area contributed by atoms with Crippen LogP contribution in [0.1, 0.15) is 24.5 Å². The summed E-state index contributed by atoms with van der Waals surface area (Å²) in [5.74, 6) is 0. The molecular weight excluding hydrogens is 371 g/mol. The lowest BCUT2D eigenvalue weighted by molar-refractivity contribution is -0.138. The second kappa shape index (κ2) is 7.11. The van der Waals surface area contributed by atoms with E-state index in [0.717, 1.165) is 12.1 Å². The van der Waals surface area contributed by atoms with Crippen LogP contribution < -0.4 is 0 Å². The maximum atomic E-state index is 12.9. The first kappa shape index (κ1) is 18.4. The van der Waals surface area contributed by atoms with Gasteiger partial charge in [-0.3, -0.25) is 0 Å². The first-order valence-electron chi connectivity index (χ1n) is 6.39. The molecule has 0 radical (unpaired) electrons. The molecule has 8 heteroatoms. The zero-order valence-electron chi connectivity index (χ0n) is 11.7. The van der Waals surface area contributed by atoms with Crippen molar-refractivity contribution in [3.8, 4) is 0 Å². The number of alkyl halides is 4. The number of hydrogen-bond donors (Lipinski definition) is 0. The number of rotatable bonds is 6. The van der Waals surface area contributed by atoms with Crippen LogP contribution in [0.3, 0.4) is 0 Å². The summed E-state index contributed by atoms with van der Waals surface area (Å²) in [5.41, 5.74) is -1.18. The van der Waals surface area contributed by atoms with Crippen molar-refractivity contribution in [2.45, 2.75) is 31.3 Å². The van der Waals surface area contributed by atoms with Gasteiger partial charge in [-0.2, -0.15) is 17.5 Å². The van der Waals surface area contributed by atoms with Crippen molar-refractivity contribution in [3.05, 3.63) is 29.3 Å². The molecule has 0 aliphatic heterocycles. The average Bonchev–Trinajstić information content (AvgIpc) is 2.37. The second-order valence-electron chi connectivity index (χ2n) is 4.52. The largest absolute Gasteiger partial charge is 0.416 e. The molecule has 0 spiro atoms. The highest BCUT2D eigenvalue weighted by atomic mass is 79.9. The normalized spacial score (nSPS) is 12.9. The van der Waals surface area contributed by atoms with E-state index in [1.165, 1.54) is 17.3 Å². The summed E-state index contributed by atoms with van der Waals surface area (Å²) in [6, 6.07) is 3.24. The Labute approximate surface area is 131 Å². The molecular formula is C13H17BrF3NO2S. The Hall–Kier alpha value is -0.600. The summed E-state index contributed by atoms with van der Waals surface area (Å²) in [7, 11) is -3.94. The van der Waals surface area contributed by atoms with Crippen LogP contribution in [0.15, 0.2) is 23.1 Å². The topological polar surface area (TPSA) is 37.4 Å². The number of nitrogens with zero attached hydrogens (tertiary/aromatic N) is 1. The van der Waals surface area contributed by atoms with Crippen LogP contribution in [0.25, 0.3) is 0 Å². The van der Waals surface area contributed by atoms with Crippen LogP contribution >= 0.6 is 15.9 Å². The van der Waals surface area contributed by atoms with Gasteiger partial charge >= 0.3 is 6.18 Å². The molecule has 3 nitrogen and oxygen atoms in total. The highest BCUT2D eigenvalue weighted by Crippen LogP contribution is 2.34. The maximum Gasteiger partial charge on any atom is 0.416 e. The number of benzene rings is 1. The molecule has 0 amide bonds. The van der Waals surface area contributed by atoms with Gasteiger partial charge in [-0.1, -0.05) is 28.9 Å². The van der Waals surface area contributed by atoms with Crippen molar-refractivity contribution in [1.82, 2.24) is 4.31 Å². The highest BCUT2D eigenvalue weighted by Gasteiger charge is 2.35. The van der Waals surface area contributed by atoms with E-state index in [9.17, 15) is 21.6 Å². The monoisotopic (exact) mass is 387 g/mol. The molecule has 0 bridgehead atoms. The molecule has 0 N–H and O–H groups in total. The predicted molar refractivity (Wildman–Crippen MR) is 79.0 cm³/mol. The van der Waals surface area contributed by atoms with Gasteiger partial charge in [0.2, 0.25) is 10.0 Å². The molecule has 0 heterocycles. The van der Waals surface area contributed by atoms with Crippen LogP contribution in [0.5, 0.6) is 0 Å². The quantitative estimate of drug-likeness (QED) is 0.696. The molecule has 0 fully saturated rings. The Morgan fingerprint density at radius 3 is 2.33 bits per heavy atom. The maximum absolute atomic E-state index is 12.9. The Kier molecular flexibility index (Phi) is 6.24. The average molecular weight is 388 g/mol. The van der Waals surface area contributed by atoms with Crippen LogP contribution in [-0.4, -0.2) is 31.1 Å². The smallest absolute Gasteiger partial charge is 0.207 e. The van der Waals surface area contributed by atoms with Crippen LogP contribution in [-0.2, 0) is 16.2 Å². The molecule has 0 saturated heterocycles. The Balaban J connectivity index is 3.38. The fourth-order valence-electron chi connectivity index (χ4n) is 2.04. The van der Waals surface area contributed by atoms with Crippen molar-refractivity contribution in [2.24, 2.45) is 0 Å². The summed E-state index contributed by atoms with van der Waals surface area (Å²) in [5, 5.41) is 0.421. The van der Waals surface area contributed by atoms with E-state index in [1.807, 2.05) is 6.92 Å². The molecule has 1 aromatic carbocycles. The summed E-state index contributed by atoms with van der Waals surface area (Å²) in [6.07, 6.45) is -3.98. The van der Waals surface area contributed by atoms with Crippen molar-refractivity contribution in [1.29, 1.82) is 0 Å². The first-order chi connectivity index (χ1) is 9.66. The molecule has 1 aromatic rings. The van der Waals surface area contributed by atoms with Crippen molar-refractivity contribution >= 4 is 26.0 Å². The Morgan fingerprint density at radius 2 is 1.86 bits per heavy atom. The van der Waals surface area contributed by atoms with Gasteiger partial charge in [0, 0.05) is 18.4 Å². The van der Waals surface area contributed by atoms with Gasteiger partial charge in [0.05, 0.1) is 10.5 Å². The molecule has 120 valence electrons. The molecule has 0 aliphatic carbocycles. The predicted octanol–water partition coefficient (Wildman–Crippen LogP) is 3.81. The highest BCUT2D eigenvalue weighted by molar-refractivity contribution is 9.09. The van der Waals surface area contributed by atoms with Crippen LogP contribution in [0.2, 0.25) is 0 Å². The third kappa shape index (κ3) is 4.20. The molecule has 0 unspecified atom stereocenters. The number of sulfonamides is 1. The molecule has 21 heavy (non-hydrogen) atoms. The van der Waals surface area contributed by atoms with E-state index in [0.29, 0.717) is 11.8 Å². The lowest BCUT2D eigenvalue weighted by Gasteiger charge is -2.23. The van der Waals surface area contributed by atoms with Gasteiger partial charge < -0.3 is 0 Å². The van der Waals surface area contributed by atoms with Gasteiger partial charge in [-0.15, -0.1) is 0 Å². The third-order valence-electron chi connectivity index (χ3n) is 3.01. The molecule has 0 aromatic heterocycles. The van der Waals surface area contributed by atoms with E-state index in [1.54, 1.807) is 0 Å². The molecule has 0 atom stereocenters. The van der Waals surface area contributed by atoms with Gasteiger partial charge in [0.25, 0.3) is 0 Å². The minimum Gasteiger partial charge on any atom is -0.207 e. The van der Waals surface area contributed by atoms with E-state index >= 15 is 0 Å². The van der Waals surface area contributed by atoms with E-state index < -0.39 is 21.8 Å². The summed E-state index contributed by atoms with van der Waals surface area (Å²) in [4.78, 5) is -0.285. The molecule has 1 rings (SSSR count). The number of hydrogen-bond acceptors (Lipinski definition) is 2. The molecule has 0 saturated carbocycles. The molecule has 0 aliphatic rings. The van der Waals surface area contributed by atoms with Gasteiger partial charge in [-0.25, -0.2) is 8.42 Å². The standard InChI is InChI=1S/C13H17BrF3NO2S/c1-3-8-18(9-7-14)21(19,20)12-6-4-5-11(10(12)2)13(15,16)17/h4-6H,3,7-9H2,1-2H3. The van der Waals surface area contributed by atoms with Gasteiger partial charge in [-0.05, 0) is 31.0 Å². The summed E-state index contributed by atoms with van der Waals surface area (Å²) >= 11 is 3.16. The first-order valence-corrected chi connectivity index (χ1v) is 8.95. The Bertz CT molecular complexity index is 582. The van der Waals surface area contributed by atoms with Gasteiger partial charge in [0.1, 0.15) is 0 Å².